The molecule has 0 saturated carbocycles. The van der Waals surface area contributed by atoms with Gasteiger partial charge in [-0.15, -0.1) is 0 Å². The van der Waals surface area contributed by atoms with Crippen LogP contribution in [0, 0.1) is 6.92 Å². The lowest BCUT2D eigenvalue weighted by atomic mass is 10.1. The molecular formula is C13H15F3N2O3. The van der Waals surface area contributed by atoms with Crippen LogP contribution >= 0.6 is 0 Å². The molecule has 2 amide bonds. The number of hydrogen-bond acceptors (Lipinski definition) is 3. The monoisotopic (exact) mass is 304 g/mol. The van der Waals surface area contributed by atoms with Crippen molar-refractivity contribution in [1.29, 1.82) is 0 Å². The van der Waals surface area contributed by atoms with E-state index in [1.807, 2.05) is 0 Å². The lowest BCUT2D eigenvalue weighted by Crippen LogP contribution is -2.24. The molecule has 2 N–H and O–H groups in total. The summed E-state index contributed by atoms with van der Waals surface area (Å²) in [4.78, 5) is 22.3. The van der Waals surface area contributed by atoms with Gasteiger partial charge in [0.05, 0.1) is 0 Å². The first-order valence-corrected chi connectivity index (χ1v) is 6.00. The molecule has 0 aromatic heterocycles. The van der Waals surface area contributed by atoms with E-state index in [0.29, 0.717) is 16.9 Å². The molecule has 0 fully saturated rings. The van der Waals surface area contributed by atoms with Crippen molar-refractivity contribution in [3.05, 3.63) is 23.8 Å². The lowest BCUT2D eigenvalue weighted by Gasteiger charge is -2.11. The molecule has 1 aromatic carbocycles. The second-order valence-corrected chi connectivity index (χ2v) is 4.37. The van der Waals surface area contributed by atoms with Crippen molar-refractivity contribution in [2.75, 3.05) is 23.8 Å². The van der Waals surface area contributed by atoms with Gasteiger partial charge in [-0.3, -0.25) is 9.59 Å². The average Bonchev–Trinajstić information content (AvgIpc) is 2.30. The fourth-order valence-corrected chi connectivity index (χ4v) is 1.53. The summed E-state index contributed by atoms with van der Waals surface area (Å²) in [6, 6.07) is 4.70. The van der Waals surface area contributed by atoms with Crippen molar-refractivity contribution in [3.8, 4) is 0 Å². The Morgan fingerprint density at radius 1 is 1.24 bits per heavy atom. The van der Waals surface area contributed by atoms with E-state index in [1.165, 1.54) is 13.0 Å². The summed E-state index contributed by atoms with van der Waals surface area (Å²) in [5.74, 6) is -0.915. The Morgan fingerprint density at radius 3 is 2.43 bits per heavy atom. The van der Waals surface area contributed by atoms with Crippen molar-refractivity contribution in [1.82, 2.24) is 0 Å². The summed E-state index contributed by atoms with van der Waals surface area (Å²) in [5.41, 5.74) is 1.70. The van der Waals surface area contributed by atoms with Crippen LogP contribution in [-0.4, -0.2) is 31.2 Å². The van der Waals surface area contributed by atoms with Gasteiger partial charge < -0.3 is 15.4 Å². The van der Waals surface area contributed by atoms with Crippen molar-refractivity contribution >= 4 is 23.2 Å². The topological polar surface area (TPSA) is 67.4 Å². The van der Waals surface area contributed by atoms with Crippen molar-refractivity contribution in [3.63, 3.8) is 0 Å². The van der Waals surface area contributed by atoms with Crippen LogP contribution in [0.4, 0.5) is 24.5 Å². The maximum atomic E-state index is 11.8. The minimum Gasteiger partial charge on any atom is -0.362 e. The number of hydrogen-bond donors (Lipinski definition) is 2. The second-order valence-electron chi connectivity index (χ2n) is 4.37. The average molecular weight is 304 g/mol. The summed E-state index contributed by atoms with van der Waals surface area (Å²) < 4.78 is 39.8. The number of aryl methyl sites for hydroxylation is 1. The molecule has 0 radical (unpaired) electrons. The molecule has 116 valence electrons. The van der Waals surface area contributed by atoms with Crippen LogP contribution in [0.25, 0.3) is 0 Å². The predicted octanol–water partition coefficient (Wildman–Crippen LogP) is 2.47. The zero-order chi connectivity index (χ0) is 16.0. The van der Waals surface area contributed by atoms with Crippen molar-refractivity contribution in [2.45, 2.75) is 20.0 Å². The number of alkyl halides is 3. The van der Waals surface area contributed by atoms with Gasteiger partial charge in [0.1, 0.15) is 13.2 Å². The molecule has 0 aliphatic heterocycles. The number of rotatable bonds is 5. The van der Waals surface area contributed by atoms with Gasteiger partial charge >= 0.3 is 6.18 Å². The van der Waals surface area contributed by atoms with Gasteiger partial charge in [-0.1, -0.05) is 0 Å². The highest BCUT2D eigenvalue weighted by Gasteiger charge is 2.27. The Kier molecular flexibility index (Phi) is 5.71. The first-order chi connectivity index (χ1) is 9.67. The zero-order valence-electron chi connectivity index (χ0n) is 11.5. The van der Waals surface area contributed by atoms with Gasteiger partial charge in [-0.05, 0) is 30.7 Å². The number of carbonyl (C=O) groups excluding carboxylic acids is 2. The van der Waals surface area contributed by atoms with Crippen LogP contribution in [-0.2, 0) is 14.3 Å². The lowest BCUT2D eigenvalue weighted by molar-refractivity contribution is -0.174. The molecule has 0 aliphatic carbocycles. The number of ether oxygens (including phenoxy) is 1. The SMILES string of the molecule is CC(=O)Nc1ccc(NC(=O)COCC(F)(F)F)cc1C. The minimum atomic E-state index is -4.46. The Balaban J connectivity index is 2.53. The molecular weight excluding hydrogens is 289 g/mol. The molecule has 0 atom stereocenters. The van der Waals surface area contributed by atoms with Gasteiger partial charge in [-0.2, -0.15) is 13.2 Å². The van der Waals surface area contributed by atoms with E-state index in [4.69, 9.17) is 0 Å². The fourth-order valence-electron chi connectivity index (χ4n) is 1.53. The van der Waals surface area contributed by atoms with Gasteiger partial charge in [0, 0.05) is 18.3 Å². The van der Waals surface area contributed by atoms with E-state index >= 15 is 0 Å². The molecule has 1 aromatic rings. The van der Waals surface area contributed by atoms with Crippen LogP contribution in [0.1, 0.15) is 12.5 Å². The molecule has 8 heteroatoms. The fraction of sp³-hybridized carbons (Fsp3) is 0.385. The van der Waals surface area contributed by atoms with Gasteiger partial charge in [0.15, 0.2) is 0 Å². The predicted molar refractivity (Wildman–Crippen MR) is 71.0 cm³/mol. The standard InChI is InChI=1S/C13H15F3N2O3/c1-8-5-10(3-4-11(8)17-9(2)19)18-12(20)6-21-7-13(14,15)16/h3-5H,6-7H2,1-2H3,(H,17,19)(H,18,20). The van der Waals surface area contributed by atoms with Gasteiger partial charge in [0.25, 0.3) is 0 Å². The van der Waals surface area contributed by atoms with E-state index in [-0.39, 0.29) is 5.91 Å². The van der Waals surface area contributed by atoms with Gasteiger partial charge in [-0.25, -0.2) is 0 Å². The highest BCUT2D eigenvalue weighted by atomic mass is 19.4. The first kappa shape index (κ1) is 17.0. The van der Waals surface area contributed by atoms with Gasteiger partial charge in [0.2, 0.25) is 11.8 Å². The van der Waals surface area contributed by atoms with Crippen molar-refractivity contribution in [2.24, 2.45) is 0 Å². The van der Waals surface area contributed by atoms with E-state index in [1.54, 1.807) is 19.1 Å². The minimum absolute atomic E-state index is 0.226. The maximum absolute atomic E-state index is 11.8. The number of amides is 2. The number of benzene rings is 1. The van der Waals surface area contributed by atoms with Crippen LogP contribution in [0.2, 0.25) is 0 Å². The summed E-state index contributed by atoms with van der Waals surface area (Å²) in [6.07, 6.45) is -4.46. The molecule has 0 unspecified atom stereocenters. The molecule has 0 spiro atoms. The number of carbonyl (C=O) groups is 2. The highest BCUT2D eigenvalue weighted by Crippen LogP contribution is 2.19. The molecule has 0 saturated heterocycles. The summed E-state index contributed by atoms with van der Waals surface area (Å²) in [5, 5.41) is 5.01. The quantitative estimate of drug-likeness (QED) is 0.878. The van der Waals surface area contributed by atoms with E-state index in [0.717, 1.165) is 0 Å². The smallest absolute Gasteiger partial charge is 0.362 e. The number of nitrogens with one attached hydrogen (secondary N) is 2. The van der Waals surface area contributed by atoms with E-state index < -0.39 is 25.3 Å². The van der Waals surface area contributed by atoms with E-state index in [2.05, 4.69) is 15.4 Å². The Bertz CT molecular complexity index is 530. The molecule has 0 aliphatic rings. The molecule has 5 nitrogen and oxygen atoms in total. The first-order valence-electron chi connectivity index (χ1n) is 6.00. The maximum Gasteiger partial charge on any atom is 0.411 e. The normalized spacial score (nSPS) is 11.1. The number of anilines is 2. The zero-order valence-corrected chi connectivity index (χ0v) is 11.5. The summed E-state index contributed by atoms with van der Waals surface area (Å²) in [6.45, 7) is 0.932. The van der Waals surface area contributed by atoms with E-state index in [9.17, 15) is 22.8 Å². The van der Waals surface area contributed by atoms with Crippen LogP contribution < -0.4 is 10.6 Å². The molecule has 1 rings (SSSR count). The summed E-state index contributed by atoms with van der Waals surface area (Å²) in [7, 11) is 0. The second kappa shape index (κ2) is 7.07. The molecule has 0 bridgehead atoms. The van der Waals surface area contributed by atoms with Crippen LogP contribution in [0.15, 0.2) is 18.2 Å². The Hall–Kier alpha value is -2.09. The third kappa shape index (κ3) is 6.75. The van der Waals surface area contributed by atoms with Crippen LogP contribution in [0.5, 0.6) is 0 Å². The molecule has 21 heavy (non-hydrogen) atoms. The third-order valence-corrected chi connectivity index (χ3v) is 2.32. The third-order valence-electron chi connectivity index (χ3n) is 2.32. The highest BCUT2D eigenvalue weighted by molar-refractivity contribution is 5.93. The largest absolute Gasteiger partial charge is 0.411 e. The Morgan fingerprint density at radius 2 is 1.90 bits per heavy atom. The van der Waals surface area contributed by atoms with Crippen LogP contribution in [0.3, 0.4) is 0 Å². The molecule has 0 heterocycles. The number of halogens is 3. The Labute approximate surface area is 119 Å². The van der Waals surface area contributed by atoms with Crippen molar-refractivity contribution < 1.29 is 27.5 Å². The summed E-state index contributed by atoms with van der Waals surface area (Å²) >= 11 is 0.